The first-order valence-electron chi connectivity index (χ1n) is 3.33. The number of benzene rings is 1. The average Bonchev–Trinajstić information content (AvgIpc) is 2.29. The van der Waals surface area contributed by atoms with Gasteiger partial charge in [0.05, 0.1) is 0 Å². The normalized spacial score (nSPS) is 20.5. The van der Waals surface area contributed by atoms with Gasteiger partial charge < -0.3 is 4.74 Å². The van der Waals surface area contributed by atoms with Crippen molar-refractivity contribution in [2.75, 3.05) is 0 Å². The van der Waals surface area contributed by atoms with Gasteiger partial charge in [0.25, 0.3) is 0 Å². The summed E-state index contributed by atoms with van der Waals surface area (Å²) in [6, 6.07) is 4.44. The lowest BCUT2D eigenvalue weighted by atomic mass is 10.1. The molecule has 0 fully saturated rings. The van der Waals surface area contributed by atoms with Crippen LogP contribution in [0.25, 0.3) is 0 Å². The number of fused-ring (bicyclic) bond motifs is 1. The first-order valence-corrected chi connectivity index (χ1v) is 4.25. The third kappa shape index (κ3) is 0.948. The first-order chi connectivity index (χ1) is 5.70. The summed E-state index contributed by atoms with van der Waals surface area (Å²) in [6.45, 7) is 0. The van der Waals surface area contributed by atoms with Crippen molar-refractivity contribution in [3.05, 3.63) is 35.1 Å². The molecule has 0 radical (unpaired) electrons. The lowest BCUT2D eigenvalue weighted by molar-refractivity contribution is 0.0527. The molecule has 0 saturated carbocycles. The van der Waals surface area contributed by atoms with Gasteiger partial charge in [0.15, 0.2) is 5.01 Å². The number of rotatable bonds is 0. The minimum absolute atomic E-state index is 0.0411. The number of cyclic esters (lactones) is 1. The molecule has 0 bridgehead atoms. The molecule has 0 saturated heterocycles. The number of hydrogen-bond acceptors (Lipinski definition) is 2. The van der Waals surface area contributed by atoms with E-state index in [1.54, 1.807) is 12.1 Å². The van der Waals surface area contributed by atoms with Crippen LogP contribution >= 0.6 is 15.9 Å². The molecule has 1 aliphatic heterocycles. The van der Waals surface area contributed by atoms with Gasteiger partial charge in [0, 0.05) is 5.56 Å². The van der Waals surface area contributed by atoms with Crippen LogP contribution in [0.5, 0.6) is 0 Å². The molecule has 0 amide bonds. The van der Waals surface area contributed by atoms with Crippen LogP contribution in [-0.4, -0.2) is 5.97 Å². The van der Waals surface area contributed by atoms with E-state index in [-0.39, 0.29) is 5.56 Å². The van der Waals surface area contributed by atoms with Gasteiger partial charge in [-0.15, -0.1) is 0 Å². The van der Waals surface area contributed by atoms with Gasteiger partial charge in [-0.25, -0.2) is 9.18 Å². The van der Waals surface area contributed by atoms with Crippen LogP contribution in [0.3, 0.4) is 0 Å². The van der Waals surface area contributed by atoms with Crippen LogP contribution in [0, 0.1) is 5.82 Å². The molecule has 2 nitrogen and oxygen atoms in total. The fourth-order valence-electron chi connectivity index (χ4n) is 1.16. The van der Waals surface area contributed by atoms with Crippen molar-refractivity contribution in [2.45, 2.75) is 5.01 Å². The second kappa shape index (κ2) is 2.55. The molecular weight excluding hydrogens is 227 g/mol. The highest BCUT2D eigenvalue weighted by Gasteiger charge is 2.31. The fraction of sp³-hybridized carbons (Fsp3) is 0.125. The highest BCUT2D eigenvalue weighted by Crippen LogP contribution is 2.35. The molecule has 12 heavy (non-hydrogen) atoms. The van der Waals surface area contributed by atoms with Crippen LogP contribution in [0.1, 0.15) is 20.9 Å². The summed E-state index contributed by atoms with van der Waals surface area (Å²) in [5, 5.41) is -0.504. The van der Waals surface area contributed by atoms with Gasteiger partial charge in [-0.05, 0) is 22.0 Å². The molecule has 4 heteroatoms. The Morgan fingerprint density at radius 2 is 2.25 bits per heavy atom. The highest BCUT2D eigenvalue weighted by molar-refractivity contribution is 9.09. The maximum atomic E-state index is 13.0. The van der Waals surface area contributed by atoms with Crippen molar-refractivity contribution in [3.63, 3.8) is 0 Å². The van der Waals surface area contributed by atoms with E-state index < -0.39 is 16.8 Å². The second-order valence-electron chi connectivity index (χ2n) is 2.43. The van der Waals surface area contributed by atoms with Gasteiger partial charge in [0.2, 0.25) is 0 Å². The van der Waals surface area contributed by atoms with Gasteiger partial charge in [-0.1, -0.05) is 12.1 Å². The van der Waals surface area contributed by atoms with Crippen LogP contribution in [0.4, 0.5) is 4.39 Å². The average molecular weight is 231 g/mol. The van der Waals surface area contributed by atoms with Crippen molar-refractivity contribution in [3.8, 4) is 0 Å². The smallest absolute Gasteiger partial charge is 0.343 e. The Bertz CT molecular complexity index is 351. The molecule has 0 aromatic heterocycles. The summed E-state index contributed by atoms with van der Waals surface area (Å²) < 4.78 is 17.7. The number of hydrogen-bond donors (Lipinski definition) is 0. The summed E-state index contributed by atoms with van der Waals surface area (Å²) in [5.41, 5.74) is 0.597. The Morgan fingerprint density at radius 1 is 1.50 bits per heavy atom. The van der Waals surface area contributed by atoms with Gasteiger partial charge in [-0.2, -0.15) is 0 Å². The zero-order valence-electron chi connectivity index (χ0n) is 5.88. The predicted octanol–water partition coefficient (Wildman–Crippen LogP) is 2.39. The third-order valence-corrected chi connectivity index (χ3v) is 2.39. The molecule has 0 spiro atoms. The molecule has 1 atom stereocenters. The minimum atomic E-state index is -0.607. The Labute approximate surface area is 76.5 Å². The number of esters is 1. The first kappa shape index (κ1) is 7.73. The zero-order valence-corrected chi connectivity index (χ0v) is 7.47. The number of carbonyl (C=O) groups is 1. The molecule has 1 heterocycles. The standard InChI is InChI=1S/C8H4BrFO2/c9-7-4-2-1-3-5(10)6(4)8(11)12-7/h1-3,7H. The molecule has 0 aliphatic carbocycles. The summed E-state index contributed by atoms with van der Waals surface area (Å²) in [7, 11) is 0. The Hall–Kier alpha value is -0.900. The van der Waals surface area contributed by atoms with Gasteiger partial charge >= 0.3 is 5.97 Å². The van der Waals surface area contributed by atoms with Crippen LogP contribution in [-0.2, 0) is 4.74 Å². The van der Waals surface area contributed by atoms with E-state index in [0.717, 1.165) is 0 Å². The van der Waals surface area contributed by atoms with Crippen LogP contribution in [0.15, 0.2) is 18.2 Å². The van der Waals surface area contributed by atoms with Crippen molar-refractivity contribution in [2.24, 2.45) is 0 Å². The van der Waals surface area contributed by atoms with E-state index in [0.29, 0.717) is 5.56 Å². The third-order valence-electron chi connectivity index (χ3n) is 1.70. The van der Waals surface area contributed by atoms with Crippen molar-refractivity contribution in [1.29, 1.82) is 0 Å². The molecule has 1 aliphatic rings. The van der Waals surface area contributed by atoms with E-state index in [9.17, 15) is 9.18 Å². The zero-order chi connectivity index (χ0) is 8.72. The highest BCUT2D eigenvalue weighted by atomic mass is 79.9. The molecule has 62 valence electrons. The quantitative estimate of drug-likeness (QED) is 0.506. The monoisotopic (exact) mass is 230 g/mol. The van der Waals surface area contributed by atoms with E-state index in [1.807, 2.05) is 0 Å². The second-order valence-corrected chi connectivity index (χ2v) is 3.26. The minimum Gasteiger partial charge on any atom is -0.442 e. The lowest BCUT2D eigenvalue weighted by Crippen LogP contribution is -1.97. The molecule has 1 aromatic carbocycles. The Balaban J connectivity index is 2.67. The van der Waals surface area contributed by atoms with E-state index in [2.05, 4.69) is 15.9 Å². The Kier molecular flexibility index (Phi) is 1.65. The SMILES string of the molecule is O=C1OC(Br)c2cccc(F)c21. The maximum Gasteiger partial charge on any atom is 0.343 e. The Morgan fingerprint density at radius 3 is 2.92 bits per heavy atom. The van der Waals surface area contributed by atoms with E-state index >= 15 is 0 Å². The summed E-state index contributed by atoms with van der Waals surface area (Å²) in [6.07, 6.45) is 0. The van der Waals surface area contributed by atoms with Crippen molar-refractivity contribution in [1.82, 2.24) is 0 Å². The summed E-state index contributed by atoms with van der Waals surface area (Å²) >= 11 is 3.10. The van der Waals surface area contributed by atoms with E-state index in [4.69, 9.17) is 4.74 Å². The van der Waals surface area contributed by atoms with Crippen molar-refractivity contribution < 1.29 is 13.9 Å². The summed E-state index contributed by atoms with van der Waals surface area (Å²) in [5.74, 6) is -1.13. The number of ether oxygens (including phenoxy) is 1. The maximum absolute atomic E-state index is 13.0. The molecule has 1 aromatic rings. The molecule has 0 N–H and O–H groups in total. The molecule has 1 unspecified atom stereocenters. The number of halogens is 2. The molecular formula is C8H4BrFO2. The van der Waals surface area contributed by atoms with Crippen molar-refractivity contribution >= 4 is 21.9 Å². The predicted molar refractivity (Wildman–Crippen MR) is 43.5 cm³/mol. The van der Waals surface area contributed by atoms with E-state index in [1.165, 1.54) is 6.07 Å². The van der Waals surface area contributed by atoms with Gasteiger partial charge in [-0.3, -0.25) is 0 Å². The van der Waals surface area contributed by atoms with Crippen LogP contribution < -0.4 is 0 Å². The number of alkyl halides is 1. The summed E-state index contributed by atoms with van der Waals surface area (Å²) in [4.78, 5) is 11.0. The topological polar surface area (TPSA) is 26.3 Å². The fourth-order valence-corrected chi connectivity index (χ4v) is 1.71. The lowest BCUT2D eigenvalue weighted by Gasteiger charge is -1.98. The number of carbonyl (C=O) groups excluding carboxylic acids is 1. The van der Waals surface area contributed by atoms with Crippen LogP contribution in [0.2, 0.25) is 0 Å². The largest absolute Gasteiger partial charge is 0.442 e. The van der Waals surface area contributed by atoms with Gasteiger partial charge in [0.1, 0.15) is 11.4 Å². The molecule has 2 rings (SSSR count).